The maximum absolute atomic E-state index is 11.1. The zero-order valence-electron chi connectivity index (χ0n) is 12.4. The molecule has 0 aromatic heterocycles. The molecule has 0 spiro atoms. The predicted octanol–water partition coefficient (Wildman–Crippen LogP) is 2.00. The van der Waals surface area contributed by atoms with E-state index in [-0.39, 0.29) is 0 Å². The Kier molecular flexibility index (Phi) is 7.42. The highest BCUT2D eigenvalue weighted by Crippen LogP contribution is 2.14. The SMILES string of the molecule is CC(CCS(C)=O)NC1CCCN(C(C)C)CC1. The van der Waals surface area contributed by atoms with Crippen molar-refractivity contribution in [3.05, 3.63) is 0 Å². The number of likely N-dealkylation sites (tertiary alicyclic amines) is 1. The Labute approximate surface area is 115 Å². The van der Waals surface area contributed by atoms with E-state index in [1.807, 2.05) is 0 Å². The summed E-state index contributed by atoms with van der Waals surface area (Å²) in [5.41, 5.74) is 0. The van der Waals surface area contributed by atoms with Crippen LogP contribution in [0.4, 0.5) is 0 Å². The van der Waals surface area contributed by atoms with Crippen LogP contribution in [0.25, 0.3) is 0 Å². The highest BCUT2D eigenvalue weighted by Gasteiger charge is 2.19. The van der Waals surface area contributed by atoms with Crippen molar-refractivity contribution < 1.29 is 4.21 Å². The first kappa shape index (κ1) is 16.1. The van der Waals surface area contributed by atoms with Crippen LogP contribution in [-0.2, 0) is 10.8 Å². The van der Waals surface area contributed by atoms with Gasteiger partial charge in [0.05, 0.1) is 0 Å². The molecule has 0 aliphatic carbocycles. The van der Waals surface area contributed by atoms with Gasteiger partial charge in [-0.25, -0.2) is 0 Å². The van der Waals surface area contributed by atoms with Crippen LogP contribution in [0.3, 0.4) is 0 Å². The molecule has 3 unspecified atom stereocenters. The maximum Gasteiger partial charge on any atom is 0.0246 e. The molecule has 0 saturated carbocycles. The number of rotatable bonds is 6. The topological polar surface area (TPSA) is 32.3 Å². The molecule has 0 bridgehead atoms. The molecule has 108 valence electrons. The van der Waals surface area contributed by atoms with E-state index in [0.29, 0.717) is 18.1 Å². The third-order valence-corrected chi connectivity index (χ3v) is 4.66. The zero-order chi connectivity index (χ0) is 13.5. The summed E-state index contributed by atoms with van der Waals surface area (Å²) in [6, 6.07) is 1.81. The molecule has 1 aliphatic rings. The van der Waals surface area contributed by atoms with Gasteiger partial charge in [-0.3, -0.25) is 4.21 Å². The van der Waals surface area contributed by atoms with Crippen LogP contribution in [0.2, 0.25) is 0 Å². The van der Waals surface area contributed by atoms with E-state index in [9.17, 15) is 4.21 Å². The van der Waals surface area contributed by atoms with Gasteiger partial charge in [-0.15, -0.1) is 0 Å². The third-order valence-electron chi connectivity index (χ3n) is 3.85. The zero-order valence-corrected chi connectivity index (χ0v) is 13.3. The third kappa shape index (κ3) is 6.30. The number of nitrogens with zero attached hydrogens (tertiary/aromatic N) is 1. The molecule has 1 aliphatic heterocycles. The quantitative estimate of drug-likeness (QED) is 0.804. The van der Waals surface area contributed by atoms with Gasteiger partial charge in [0.2, 0.25) is 0 Å². The summed E-state index contributed by atoms with van der Waals surface area (Å²) in [5.74, 6) is 0.818. The fraction of sp³-hybridized carbons (Fsp3) is 1.00. The molecule has 3 atom stereocenters. The number of nitrogens with one attached hydrogen (secondary N) is 1. The fourth-order valence-electron chi connectivity index (χ4n) is 2.63. The Morgan fingerprint density at radius 2 is 2.00 bits per heavy atom. The lowest BCUT2D eigenvalue weighted by Gasteiger charge is -2.25. The lowest BCUT2D eigenvalue weighted by Crippen LogP contribution is -2.38. The highest BCUT2D eigenvalue weighted by molar-refractivity contribution is 7.84. The van der Waals surface area contributed by atoms with E-state index in [1.165, 1.54) is 32.4 Å². The lowest BCUT2D eigenvalue weighted by molar-refractivity contribution is 0.228. The lowest BCUT2D eigenvalue weighted by atomic mass is 10.1. The monoisotopic (exact) mass is 274 g/mol. The molecule has 1 rings (SSSR count). The van der Waals surface area contributed by atoms with Crippen molar-refractivity contribution in [2.75, 3.05) is 25.1 Å². The summed E-state index contributed by atoms with van der Waals surface area (Å²) >= 11 is 0. The molecule has 0 radical (unpaired) electrons. The first-order valence-electron chi connectivity index (χ1n) is 7.29. The second-order valence-corrected chi connectivity index (χ2v) is 7.45. The Bertz CT molecular complexity index is 258. The minimum atomic E-state index is -0.656. The van der Waals surface area contributed by atoms with Gasteiger partial charge in [0.1, 0.15) is 0 Å². The van der Waals surface area contributed by atoms with Gasteiger partial charge in [-0.05, 0) is 59.5 Å². The molecular weight excluding hydrogens is 244 g/mol. The van der Waals surface area contributed by atoms with E-state index in [2.05, 4.69) is 31.0 Å². The van der Waals surface area contributed by atoms with Gasteiger partial charge >= 0.3 is 0 Å². The number of hydrogen-bond acceptors (Lipinski definition) is 3. The van der Waals surface area contributed by atoms with Gasteiger partial charge in [0.25, 0.3) is 0 Å². The van der Waals surface area contributed by atoms with Crippen LogP contribution in [0.5, 0.6) is 0 Å². The molecule has 0 amide bonds. The summed E-state index contributed by atoms with van der Waals surface area (Å²) < 4.78 is 11.1. The normalized spacial score (nSPS) is 25.9. The summed E-state index contributed by atoms with van der Waals surface area (Å²) in [6.45, 7) is 9.24. The maximum atomic E-state index is 11.1. The summed E-state index contributed by atoms with van der Waals surface area (Å²) in [5, 5.41) is 3.71. The average Bonchev–Trinajstić information content (AvgIpc) is 2.52. The Morgan fingerprint density at radius 3 is 2.61 bits per heavy atom. The van der Waals surface area contributed by atoms with Crippen LogP contribution in [0.1, 0.15) is 46.5 Å². The summed E-state index contributed by atoms with van der Waals surface area (Å²) in [7, 11) is -0.656. The molecule has 18 heavy (non-hydrogen) atoms. The van der Waals surface area contributed by atoms with Gasteiger partial charge in [-0.2, -0.15) is 0 Å². The predicted molar refractivity (Wildman–Crippen MR) is 80.5 cm³/mol. The summed E-state index contributed by atoms with van der Waals surface area (Å²) in [4.78, 5) is 2.58. The van der Waals surface area contributed by atoms with Crippen LogP contribution in [-0.4, -0.2) is 52.3 Å². The Morgan fingerprint density at radius 1 is 1.28 bits per heavy atom. The van der Waals surface area contributed by atoms with Crippen molar-refractivity contribution in [2.45, 2.75) is 64.6 Å². The molecule has 3 nitrogen and oxygen atoms in total. The average molecular weight is 274 g/mol. The van der Waals surface area contributed by atoms with E-state index in [4.69, 9.17) is 0 Å². The molecule has 0 aromatic rings. The molecular formula is C14H30N2OS. The molecule has 1 N–H and O–H groups in total. The molecule has 1 fully saturated rings. The first-order chi connectivity index (χ1) is 8.49. The minimum Gasteiger partial charge on any atom is -0.311 e. The van der Waals surface area contributed by atoms with Crippen LogP contribution < -0.4 is 5.32 Å². The molecule has 1 heterocycles. The minimum absolute atomic E-state index is 0.490. The standard InChI is InChI=1S/C14H30N2OS/c1-12(2)16-9-5-6-14(7-10-16)15-13(3)8-11-18(4)17/h12-15H,5-11H2,1-4H3. The fourth-order valence-corrected chi connectivity index (χ4v) is 3.32. The van der Waals surface area contributed by atoms with Crippen LogP contribution in [0.15, 0.2) is 0 Å². The van der Waals surface area contributed by atoms with Crippen molar-refractivity contribution in [2.24, 2.45) is 0 Å². The van der Waals surface area contributed by atoms with Crippen LogP contribution in [0, 0.1) is 0 Å². The highest BCUT2D eigenvalue weighted by atomic mass is 32.2. The van der Waals surface area contributed by atoms with Crippen LogP contribution >= 0.6 is 0 Å². The van der Waals surface area contributed by atoms with Crippen molar-refractivity contribution in [1.29, 1.82) is 0 Å². The second-order valence-electron chi connectivity index (χ2n) is 5.89. The molecule has 0 aromatic carbocycles. The summed E-state index contributed by atoms with van der Waals surface area (Å²) in [6.07, 6.45) is 6.63. The van der Waals surface area contributed by atoms with E-state index in [1.54, 1.807) is 6.26 Å². The Hall–Kier alpha value is 0.0700. The van der Waals surface area contributed by atoms with E-state index >= 15 is 0 Å². The van der Waals surface area contributed by atoms with E-state index in [0.717, 1.165) is 12.2 Å². The van der Waals surface area contributed by atoms with Gasteiger partial charge in [0.15, 0.2) is 0 Å². The molecule has 1 saturated heterocycles. The number of hydrogen-bond donors (Lipinski definition) is 1. The van der Waals surface area contributed by atoms with Crippen molar-refractivity contribution in [3.8, 4) is 0 Å². The largest absolute Gasteiger partial charge is 0.311 e. The molecule has 4 heteroatoms. The Balaban J connectivity index is 2.28. The van der Waals surface area contributed by atoms with E-state index < -0.39 is 10.8 Å². The van der Waals surface area contributed by atoms with Crippen molar-refractivity contribution >= 4 is 10.8 Å². The van der Waals surface area contributed by atoms with Gasteiger partial charge in [-0.1, -0.05) is 0 Å². The van der Waals surface area contributed by atoms with Gasteiger partial charge in [0, 0.05) is 40.9 Å². The van der Waals surface area contributed by atoms with Crippen molar-refractivity contribution in [1.82, 2.24) is 10.2 Å². The van der Waals surface area contributed by atoms with Gasteiger partial charge < -0.3 is 10.2 Å². The van der Waals surface area contributed by atoms with Crippen molar-refractivity contribution in [3.63, 3.8) is 0 Å². The second kappa shape index (κ2) is 8.28. The first-order valence-corrected chi connectivity index (χ1v) is 9.02. The smallest absolute Gasteiger partial charge is 0.0246 e.